The van der Waals surface area contributed by atoms with Crippen LogP contribution in [-0.2, 0) is 16.0 Å². The van der Waals surface area contributed by atoms with Crippen molar-refractivity contribution in [2.45, 2.75) is 39.5 Å². The first kappa shape index (κ1) is 19.2. The van der Waals surface area contributed by atoms with Gasteiger partial charge in [0.1, 0.15) is 5.75 Å². The van der Waals surface area contributed by atoms with Gasteiger partial charge in [-0.05, 0) is 60.1 Å². The summed E-state index contributed by atoms with van der Waals surface area (Å²) in [5.74, 6) is 0.776. The van der Waals surface area contributed by atoms with E-state index in [-0.39, 0.29) is 11.9 Å². The lowest BCUT2D eigenvalue weighted by atomic mass is 10.0. The summed E-state index contributed by atoms with van der Waals surface area (Å²) in [7, 11) is 0. The van der Waals surface area contributed by atoms with Crippen molar-refractivity contribution in [3.63, 3.8) is 0 Å². The number of unbranched alkanes of at least 4 members (excludes halogenated alkanes) is 1. The van der Waals surface area contributed by atoms with E-state index >= 15 is 0 Å². The zero-order chi connectivity index (χ0) is 19.1. The molecule has 0 saturated carbocycles. The molecule has 1 aliphatic carbocycles. The SMILES string of the molecule is CCC(C)C(=O)OCCCCOc1cccc(C2=Cc3ccccc3C2)c1. The van der Waals surface area contributed by atoms with E-state index in [2.05, 4.69) is 42.5 Å². The van der Waals surface area contributed by atoms with Crippen molar-refractivity contribution in [3.05, 3.63) is 65.2 Å². The fourth-order valence-electron chi connectivity index (χ4n) is 3.13. The van der Waals surface area contributed by atoms with Crippen LogP contribution < -0.4 is 4.74 Å². The highest BCUT2D eigenvalue weighted by molar-refractivity contribution is 5.88. The fourth-order valence-corrected chi connectivity index (χ4v) is 3.13. The van der Waals surface area contributed by atoms with Crippen molar-refractivity contribution < 1.29 is 14.3 Å². The van der Waals surface area contributed by atoms with E-state index < -0.39 is 0 Å². The highest BCUT2D eigenvalue weighted by Gasteiger charge is 2.14. The van der Waals surface area contributed by atoms with Gasteiger partial charge < -0.3 is 9.47 Å². The first-order chi connectivity index (χ1) is 13.2. The summed E-state index contributed by atoms with van der Waals surface area (Å²) >= 11 is 0. The zero-order valence-corrected chi connectivity index (χ0v) is 16.2. The van der Waals surface area contributed by atoms with Crippen LogP contribution in [0.3, 0.4) is 0 Å². The normalized spacial score (nSPS) is 13.6. The summed E-state index contributed by atoms with van der Waals surface area (Å²) in [6, 6.07) is 16.8. The smallest absolute Gasteiger partial charge is 0.308 e. The molecule has 0 amide bonds. The number of allylic oxidation sites excluding steroid dienone is 1. The topological polar surface area (TPSA) is 35.5 Å². The van der Waals surface area contributed by atoms with Crippen LogP contribution in [0.2, 0.25) is 0 Å². The summed E-state index contributed by atoms with van der Waals surface area (Å²) in [5.41, 5.74) is 5.24. The molecule has 0 bridgehead atoms. The molecular weight excluding hydrogens is 336 g/mol. The monoisotopic (exact) mass is 364 g/mol. The summed E-state index contributed by atoms with van der Waals surface area (Å²) in [6.07, 6.45) is 5.75. The number of esters is 1. The van der Waals surface area contributed by atoms with Gasteiger partial charge in [0.05, 0.1) is 19.1 Å². The van der Waals surface area contributed by atoms with E-state index in [1.165, 1.54) is 22.3 Å². The number of carbonyl (C=O) groups excluding carboxylic acids is 1. The predicted octanol–water partition coefficient (Wildman–Crippen LogP) is 5.53. The summed E-state index contributed by atoms with van der Waals surface area (Å²) in [5, 5.41) is 0. The Balaban J connectivity index is 1.43. The number of hydrogen-bond acceptors (Lipinski definition) is 3. The van der Waals surface area contributed by atoms with Gasteiger partial charge in [0.2, 0.25) is 0 Å². The molecule has 3 rings (SSSR count). The van der Waals surface area contributed by atoms with Crippen molar-refractivity contribution in [2.75, 3.05) is 13.2 Å². The van der Waals surface area contributed by atoms with Crippen LogP contribution in [0.25, 0.3) is 11.6 Å². The molecule has 1 unspecified atom stereocenters. The third-order valence-electron chi connectivity index (χ3n) is 5.04. The van der Waals surface area contributed by atoms with Gasteiger partial charge in [-0.25, -0.2) is 0 Å². The molecule has 0 aliphatic heterocycles. The lowest BCUT2D eigenvalue weighted by Crippen LogP contribution is -2.14. The largest absolute Gasteiger partial charge is 0.494 e. The maximum Gasteiger partial charge on any atom is 0.308 e. The second kappa shape index (κ2) is 9.40. The van der Waals surface area contributed by atoms with Crippen LogP contribution in [0.1, 0.15) is 49.8 Å². The number of ether oxygens (including phenoxy) is 2. The molecule has 0 saturated heterocycles. The van der Waals surface area contributed by atoms with Crippen LogP contribution >= 0.6 is 0 Å². The third-order valence-corrected chi connectivity index (χ3v) is 5.04. The Morgan fingerprint density at radius 3 is 2.70 bits per heavy atom. The number of hydrogen-bond donors (Lipinski definition) is 0. The molecule has 1 atom stereocenters. The van der Waals surface area contributed by atoms with Gasteiger partial charge in [0.15, 0.2) is 0 Å². The molecule has 0 fully saturated rings. The zero-order valence-electron chi connectivity index (χ0n) is 16.2. The van der Waals surface area contributed by atoms with E-state index in [1.54, 1.807) is 0 Å². The van der Waals surface area contributed by atoms with Crippen molar-refractivity contribution in [1.29, 1.82) is 0 Å². The van der Waals surface area contributed by atoms with Crippen LogP contribution in [0.5, 0.6) is 5.75 Å². The van der Waals surface area contributed by atoms with Gasteiger partial charge in [0, 0.05) is 0 Å². The third kappa shape index (κ3) is 5.22. The second-order valence-corrected chi connectivity index (χ2v) is 7.11. The molecule has 1 aliphatic rings. The van der Waals surface area contributed by atoms with Crippen molar-refractivity contribution >= 4 is 17.6 Å². The average Bonchev–Trinajstić information content (AvgIpc) is 3.14. The van der Waals surface area contributed by atoms with E-state index in [4.69, 9.17) is 9.47 Å². The van der Waals surface area contributed by atoms with E-state index in [9.17, 15) is 4.79 Å². The lowest BCUT2D eigenvalue weighted by molar-refractivity contribution is -0.148. The minimum absolute atomic E-state index is 0.0139. The molecule has 27 heavy (non-hydrogen) atoms. The minimum Gasteiger partial charge on any atom is -0.494 e. The Bertz CT molecular complexity index is 807. The predicted molar refractivity (Wildman–Crippen MR) is 110 cm³/mol. The number of benzene rings is 2. The van der Waals surface area contributed by atoms with Gasteiger partial charge in [-0.3, -0.25) is 4.79 Å². The lowest BCUT2D eigenvalue weighted by Gasteiger charge is -2.10. The Kier molecular flexibility index (Phi) is 6.69. The number of fused-ring (bicyclic) bond motifs is 1. The number of rotatable bonds is 9. The molecule has 0 aromatic heterocycles. The van der Waals surface area contributed by atoms with Crippen molar-refractivity contribution in [3.8, 4) is 5.75 Å². The molecule has 142 valence electrons. The maximum absolute atomic E-state index is 11.6. The quantitative estimate of drug-likeness (QED) is 0.433. The minimum atomic E-state index is -0.100. The second-order valence-electron chi connectivity index (χ2n) is 7.11. The summed E-state index contributed by atoms with van der Waals surface area (Å²) < 4.78 is 11.2. The van der Waals surface area contributed by atoms with Gasteiger partial charge in [-0.15, -0.1) is 0 Å². The molecule has 0 N–H and O–H groups in total. The molecule has 2 aromatic carbocycles. The van der Waals surface area contributed by atoms with Crippen molar-refractivity contribution in [1.82, 2.24) is 0 Å². The molecule has 0 radical (unpaired) electrons. The van der Waals surface area contributed by atoms with Crippen LogP contribution in [-0.4, -0.2) is 19.2 Å². The van der Waals surface area contributed by atoms with Gasteiger partial charge in [-0.2, -0.15) is 0 Å². The summed E-state index contributed by atoms with van der Waals surface area (Å²) in [4.78, 5) is 11.6. The van der Waals surface area contributed by atoms with Crippen molar-refractivity contribution in [2.24, 2.45) is 5.92 Å². The van der Waals surface area contributed by atoms with Gasteiger partial charge in [0.25, 0.3) is 0 Å². The first-order valence-corrected chi connectivity index (χ1v) is 9.85. The van der Waals surface area contributed by atoms with E-state index in [1.807, 2.05) is 26.0 Å². The maximum atomic E-state index is 11.6. The molecule has 0 heterocycles. The molecule has 0 spiro atoms. The first-order valence-electron chi connectivity index (χ1n) is 9.85. The van der Waals surface area contributed by atoms with Gasteiger partial charge >= 0.3 is 5.97 Å². The number of carbonyl (C=O) groups is 1. The van der Waals surface area contributed by atoms with Crippen LogP contribution in [0.4, 0.5) is 0 Å². The molecule has 3 heteroatoms. The Labute approximate surface area is 162 Å². The molecular formula is C24H28O3. The van der Waals surface area contributed by atoms with E-state index in [0.717, 1.165) is 31.4 Å². The van der Waals surface area contributed by atoms with Crippen LogP contribution in [0, 0.1) is 5.92 Å². The Morgan fingerprint density at radius 1 is 1.07 bits per heavy atom. The van der Waals surface area contributed by atoms with Crippen LogP contribution in [0.15, 0.2) is 48.5 Å². The fraction of sp³-hybridized carbons (Fsp3) is 0.375. The standard InChI is InChI=1S/C24H28O3/c1-3-18(2)24(25)27-14-7-6-13-26-23-12-8-11-21(17-23)22-15-19-9-4-5-10-20(19)16-22/h4-5,8-12,15,17-18H,3,6-7,13-14,16H2,1-2H3. The highest BCUT2D eigenvalue weighted by atomic mass is 16.5. The summed E-state index contributed by atoms with van der Waals surface area (Å²) in [6.45, 7) is 4.99. The molecule has 3 nitrogen and oxygen atoms in total. The Morgan fingerprint density at radius 2 is 1.89 bits per heavy atom. The Hall–Kier alpha value is -2.55. The highest BCUT2D eigenvalue weighted by Crippen LogP contribution is 2.32. The molecule has 2 aromatic rings. The van der Waals surface area contributed by atoms with Gasteiger partial charge in [-0.1, -0.05) is 56.3 Å². The van der Waals surface area contributed by atoms with E-state index in [0.29, 0.717) is 13.2 Å². The average molecular weight is 364 g/mol.